The minimum absolute atomic E-state index is 0.259. The van der Waals surface area contributed by atoms with E-state index in [1.165, 1.54) is 12.1 Å². The van der Waals surface area contributed by atoms with E-state index in [9.17, 15) is 37.8 Å². The Morgan fingerprint density at radius 2 is 1.66 bits per heavy atom. The van der Waals surface area contributed by atoms with Gasteiger partial charge in [0.15, 0.2) is 0 Å². The molecule has 11 heteroatoms. The number of alkyl halides is 3. The van der Waals surface area contributed by atoms with Gasteiger partial charge in [-0.05, 0) is 24.6 Å². The average molecular weight is 431 g/mol. The third-order valence-electron chi connectivity index (χ3n) is 4.12. The zero-order valence-electron chi connectivity index (χ0n) is 14.5. The van der Waals surface area contributed by atoms with E-state index in [0.717, 1.165) is 0 Å². The lowest BCUT2D eigenvalue weighted by Crippen LogP contribution is -2.47. The number of carbonyl (C=O) groups excluding carboxylic acids is 1. The summed E-state index contributed by atoms with van der Waals surface area (Å²) in [7, 11) is 0. The molecular formula is C18H14ClF3N2O5. The largest absolute Gasteiger partial charge is 0.480 e. The molecule has 1 aromatic heterocycles. The van der Waals surface area contributed by atoms with Gasteiger partial charge in [0.1, 0.15) is 0 Å². The Hall–Kier alpha value is -3.14. The van der Waals surface area contributed by atoms with Crippen molar-refractivity contribution < 1.29 is 37.8 Å². The summed E-state index contributed by atoms with van der Waals surface area (Å²) in [5, 5.41) is 20.7. The fourth-order valence-electron chi connectivity index (χ4n) is 2.59. The first-order valence-corrected chi connectivity index (χ1v) is 8.41. The van der Waals surface area contributed by atoms with Crippen LogP contribution in [0.3, 0.4) is 0 Å². The number of hydrogen-bond donors (Lipinski definition) is 3. The minimum atomic E-state index is -4.80. The maximum absolute atomic E-state index is 12.8. The summed E-state index contributed by atoms with van der Waals surface area (Å²) in [6.07, 6.45) is -5.19. The molecule has 0 fully saturated rings. The molecule has 29 heavy (non-hydrogen) atoms. The number of aromatic nitrogens is 1. The number of carbonyl (C=O) groups is 3. The molecule has 7 nitrogen and oxygen atoms in total. The highest BCUT2D eigenvalue weighted by Crippen LogP contribution is 2.36. The van der Waals surface area contributed by atoms with Crippen molar-refractivity contribution in [1.82, 2.24) is 10.3 Å². The van der Waals surface area contributed by atoms with Crippen LogP contribution in [0.15, 0.2) is 42.6 Å². The zero-order valence-corrected chi connectivity index (χ0v) is 15.3. The number of pyridine rings is 1. The molecule has 0 radical (unpaired) electrons. The van der Waals surface area contributed by atoms with E-state index in [4.69, 9.17) is 11.6 Å². The lowest BCUT2D eigenvalue weighted by Gasteiger charge is -2.25. The van der Waals surface area contributed by atoms with Gasteiger partial charge in [0.25, 0.3) is 5.91 Å². The molecule has 3 N–H and O–H groups in total. The Morgan fingerprint density at radius 3 is 2.14 bits per heavy atom. The van der Waals surface area contributed by atoms with Crippen molar-refractivity contribution in [3.05, 3.63) is 64.4 Å². The van der Waals surface area contributed by atoms with Gasteiger partial charge < -0.3 is 15.5 Å². The van der Waals surface area contributed by atoms with E-state index in [1.54, 1.807) is 18.2 Å². The predicted molar refractivity (Wildman–Crippen MR) is 94.6 cm³/mol. The number of carboxylic acids is 2. The first kappa shape index (κ1) is 22.2. The predicted octanol–water partition coefficient (Wildman–Crippen LogP) is 2.98. The van der Waals surface area contributed by atoms with Gasteiger partial charge in [-0.1, -0.05) is 29.8 Å². The number of nitrogens with zero attached hydrogens (tertiary/aromatic N) is 1. The monoisotopic (exact) mass is 430 g/mol. The number of benzene rings is 1. The molecule has 1 aromatic carbocycles. The van der Waals surface area contributed by atoms with Crippen LogP contribution in [0.2, 0.25) is 5.02 Å². The molecule has 0 spiro atoms. The number of aliphatic carboxylic acids is 2. The third kappa shape index (κ3) is 4.65. The number of nitrogens with one attached hydrogen (secondary N) is 1. The molecule has 0 aliphatic carbocycles. The molecule has 2 aromatic rings. The van der Waals surface area contributed by atoms with Crippen LogP contribution >= 0.6 is 11.6 Å². The van der Waals surface area contributed by atoms with Gasteiger partial charge in [-0.3, -0.25) is 19.4 Å². The van der Waals surface area contributed by atoms with Crippen LogP contribution in [0.25, 0.3) is 0 Å². The van der Waals surface area contributed by atoms with Gasteiger partial charge in [-0.15, -0.1) is 0 Å². The number of halogens is 4. The van der Waals surface area contributed by atoms with Gasteiger partial charge in [0.05, 0.1) is 16.3 Å². The van der Waals surface area contributed by atoms with E-state index >= 15 is 0 Å². The van der Waals surface area contributed by atoms with Gasteiger partial charge in [-0.25, -0.2) is 0 Å². The van der Waals surface area contributed by atoms with Crippen LogP contribution in [-0.2, 0) is 21.2 Å². The Balaban J connectivity index is 2.34. The van der Waals surface area contributed by atoms with Crippen molar-refractivity contribution in [2.75, 3.05) is 6.54 Å². The van der Waals surface area contributed by atoms with Crippen molar-refractivity contribution in [2.45, 2.75) is 18.0 Å². The van der Waals surface area contributed by atoms with Gasteiger partial charge >= 0.3 is 18.1 Å². The fraction of sp³-hybridized carbons (Fsp3) is 0.222. The maximum Gasteiger partial charge on any atom is 0.417 e. The van der Waals surface area contributed by atoms with Crippen LogP contribution in [0.5, 0.6) is 0 Å². The summed E-state index contributed by atoms with van der Waals surface area (Å²) < 4.78 is 38.4. The maximum atomic E-state index is 12.8. The number of amides is 1. The molecule has 0 aliphatic rings. The Bertz CT molecular complexity index is 921. The zero-order chi connectivity index (χ0) is 21.8. The lowest BCUT2D eigenvalue weighted by molar-refractivity contribution is -0.158. The van der Waals surface area contributed by atoms with Crippen molar-refractivity contribution in [3.8, 4) is 0 Å². The highest BCUT2D eigenvalue weighted by Gasteiger charge is 2.51. The average Bonchev–Trinajstić information content (AvgIpc) is 2.65. The second-order valence-corrected chi connectivity index (χ2v) is 6.35. The summed E-state index contributed by atoms with van der Waals surface area (Å²) in [5.41, 5.74) is -4.52. The fourth-order valence-corrected chi connectivity index (χ4v) is 2.92. The molecule has 2 rings (SSSR count). The van der Waals surface area contributed by atoms with Crippen molar-refractivity contribution in [3.63, 3.8) is 0 Å². The highest BCUT2D eigenvalue weighted by molar-refractivity contribution is 6.32. The molecule has 1 amide bonds. The SMILES string of the molecule is O=C(NCCC(C(=O)O)(C(=O)O)c1ncc(C(F)(F)F)cc1Cl)c1ccccc1. The van der Waals surface area contributed by atoms with Crippen LogP contribution < -0.4 is 5.32 Å². The van der Waals surface area contributed by atoms with Crippen molar-refractivity contribution >= 4 is 29.4 Å². The van der Waals surface area contributed by atoms with E-state index in [0.29, 0.717) is 12.3 Å². The Kier molecular flexibility index (Phi) is 6.48. The lowest BCUT2D eigenvalue weighted by atomic mass is 9.80. The molecule has 0 aliphatic heterocycles. The molecule has 0 unspecified atom stereocenters. The van der Waals surface area contributed by atoms with Crippen LogP contribution in [0, 0.1) is 0 Å². The first-order valence-electron chi connectivity index (χ1n) is 8.03. The number of carboxylic acid groups (broad SMARTS) is 2. The Morgan fingerprint density at radius 1 is 1.07 bits per heavy atom. The van der Waals surface area contributed by atoms with E-state index < -0.39 is 58.7 Å². The first-order chi connectivity index (χ1) is 13.5. The third-order valence-corrected chi connectivity index (χ3v) is 4.41. The summed E-state index contributed by atoms with van der Waals surface area (Å²) in [6, 6.07) is 8.26. The number of hydrogen-bond acceptors (Lipinski definition) is 4. The van der Waals surface area contributed by atoms with E-state index in [2.05, 4.69) is 10.3 Å². The van der Waals surface area contributed by atoms with Crippen LogP contribution in [-0.4, -0.2) is 39.6 Å². The molecule has 1 heterocycles. The Labute approximate surface area is 167 Å². The van der Waals surface area contributed by atoms with Crippen molar-refractivity contribution in [1.29, 1.82) is 0 Å². The van der Waals surface area contributed by atoms with Crippen LogP contribution in [0.4, 0.5) is 13.2 Å². The second kappa shape index (κ2) is 8.48. The number of rotatable bonds is 7. The van der Waals surface area contributed by atoms with Crippen LogP contribution in [0.1, 0.15) is 28.0 Å². The molecule has 0 atom stereocenters. The summed E-state index contributed by atoms with van der Waals surface area (Å²) in [6.45, 7) is -0.411. The normalized spacial score (nSPS) is 11.7. The summed E-state index contributed by atoms with van der Waals surface area (Å²) in [5.74, 6) is -4.34. The molecule has 0 bridgehead atoms. The van der Waals surface area contributed by atoms with Gasteiger partial charge in [-0.2, -0.15) is 13.2 Å². The van der Waals surface area contributed by atoms with Crippen molar-refractivity contribution in [2.24, 2.45) is 0 Å². The molecular weight excluding hydrogens is 417 g/mol. The molecule has 0 saturated carbocycles. The summed E-state index contributed by atoms with van der Waals surface area (Å²) >= 11 is 5.77. The quantitative estimate of drug-likeness (QED) is 0.581. The standard InChI is InChI=1S/C18H14ClF3N2O5/c19-12-8-11(18(20,21)22)9-24-13(12)17(15(26)27,16(28)29)6-7-23-14(25)10-4-2-1-3-5-10/h1-5,8-9H,6-7H2,(H,23,25)(H,26,27)(H,28,29). The highest BCUT2D eigenvalue weighted by atomic mass is 35.5. The summed E-state index contributed by atoms with van der Waals surface area (Å²) in [4.78, 5) is 39.1. The van der Waals surface area contributed by atoms with Gasteiger partial charge in [0, 0.05) is 18.3 Å². The van der Waals surface area contributed by atoms with Gasteiger partial charge in [0.2, 0.25) is 5.41 Å². The van der Waals surface area contributed by atoms with E-state index in [1.807, 2.05) is 0 Å². The topological polar surface area (TPSA) is 117 Å². The van der Waals surface area contributed by atoms with E-state index in [-0.39, 0.29) is 5.56 Å². The molecule has 0 saturated heterocycles. The smallest absolute Gasteiger partial charge is 0.417 e. The second-order valence-electron chi connectivity index (χ2n) is 5.94. The molecule has 154 valence electrons. The minimum Gasteiger partial charge on any atom is -0.480 e.